The molecule has 1 atom stereocenters. The molecular formula is C24H23N3OS. The fourth-order valence-electron chi connectivity index (χ4n) is 3.30. The van der Waals surface area contributed by atoms with Crippen molar-refractivity contribution in [3.05, 3.63) is 89.4 Å². The molecule has 4 nitrogen and oxygen atoms in total. The lowest BCUT2D eigenvalue weighted by atomic mass is 9.97. The Balaban J connectivity index is 1.74. The Hall–Kier alpha value is -3.18. The lowest BCUT2D eigenvalue weighted by Crippen LogP contribution is -2.18. The van der Waals surface area contributed by atoms with E-state index in [9.17, 15) is 4.79 Å². The van der Waals surface area contributed by atoms with Crippen molar-refractivity contribution in [1.82, 2.24) is 9.78 Å². The van der Waals surface area contributed by atoms with Gasteiger partial charge >= 0.3 is 0 Å². The molecule has 4 rings (SSSR count). The summed E-state index contributed by atoms with van der Waals surface area (Å²) in [5.41, 5.74) is 4.16. The Bertz CT molecular complexity index is 1100. The summed E-state index contributed by atoms with van der Waals surface area (Å²) in [7, 11) is 0. The van der Waals surface area contributed by atoms with E-state index in [0.717, 1.165) is 33.9 Å². The maximum absolute atomic E-state index is 13.3. The van der Waals surface area contributed by atoms with Gasteiger partial charge in [0.25, 0.3) is 5.91 Å². The number of hydrogen-bond donors (Lipinski definition) is 1. The lowest BCUT2D eigenvalue weighted by Gasteiger charge is -2.16. The molecule has 0 spiro atoms. The minimum Gasteiger partial charge on any atom is -0.320 e. The van der Waals surface area contributed by atoms with Gasteiger partial charge in [-0.05, 0) is 53.6 Å². The maximum atomic E-state index is 13.3. The monoisotopic (exact) mass is 401 g/mol. The molecule has 146 valence electrons. The Morgan fingerprint density at radius 1 is 1.07 bits per heavy atom. The summed E-state index contributed by atoms with van der Waals surface area (Å²) in [5, 5.41) is 9.85. The largest absolute Gasteiger partial charge is 0.320 e. The molecule has 0 unspecified atom stereocenters. The van der Waals surface area contributed by atoms with Gasteiger partial charge in [0.2, 0.25) is 0 Å². The van der Waals surface area contributed by atoms with Crippen molar-refractivity contribution < 1.29 is 4.79 Å². The SMILES string of the molecule is CC[C@H](C)c1ccccc1NC(=O)c1cc(-c2cccs2)nn1-c1ccccc1. The van der Waals surface area contributed by atoms with Gasteiger partial charge in [0.15, 0.2) is 0 Å². The van der Waals surface area contributed by atoms with Crippen molar-refractivity contribution in [2.24, 2.45) is 0 Å². The van der Waals surface area contributed by atoms with Gasteiger partial charge in [0, 0.05) is 5.69 Å². The summed E-state index contributed by atoms with van der Waals surface area (Å²) < 4.78 is 1.72. The van der Waals surface area contributed by atoms with Crippen LogP contribution in [-0.2, 0) is 0 Å². The van der Waals surface area contributed by atoms with Crippen LogP contribution in [0.3, 0.4) is 0 Å². The number of nitrogens with one attached hydrogen (secondary N) is 1. The van der Waals surface area contributed by atoms with Gasteiger partial charge < -0.3 is 5.32 Å². The van der Waals surface area contributed by atoms with Gasteiger partial charge in [-0.1, -0.05) is 56.3 Å². The van der Waals surface area contributed by atoms with E-state index in [-0.39, 0.29) is 5.91 Å². The molecule has 0 fully saturated rings. The fourth-order valence-corrected chi connectivity index (χ4v) is 3.98. The molecule has 0 aliphatic heterocycles. The summed E-state index contributed by atoms with van der Waals surface area (Å²) >= 11 is 1.61. The third kappa shape index (κ3) is 4.00. The molecule has 0 saturated carbocycles. The van der Waals surface area contributed by atoms with Gasteiger partial charge in [-0.25, -0.2) is 4.68 Å². The highest BCUT2D eigenvalue weighted by Gasteiger charge is 2.19. The molecule has 5 heteroatoms. The van der Waals surface area contributed by atoms with Gasteiger partial charge in [0.05, 0.1) is 10.6 Å². The number of anilines is 1. The second-order valence-electron chi connectivity index (χ2n) is 6.99. The topological polar surface area (TPSA) is 46.9 Å². The first-order valence-electron chi connectivity index (χ1n) is 9.77. The molecule has 2 aromatic carbocycles. The summed E-state index contributed by atoms with van der Waals surface area (Å²) in [6.07, 6.45) is 1.01. The predicted octanol–water partition coefficient (Wildman–Crippen LogP) is 6.37. The molecular weight excluding hydrogens is 378 g/mol. The molecule has 1 N–H and O–H groups in total. The van der Waals surface area contributed by atoms with E-state index >= 15 is 0 Å². The van der Waals surface area contributed by atoms with Crippen molar-refractivity contribution in [2.75, 3.05) is 5.32 Å². The average molecular weight is 402 g/mol. The van der Waals surface area contributed by atoms with Crippen LogP contribution in [0.15, 0.2) is 78.2 Å². The number of thiophene rings is 1. The fraction of sp³-hybridized carbons (Fsp3) is 0.167. The van der Waals surface area contributed by atoms with E-state index in [4.69, 9.17) is 5.10 Å². The molecule has 0 aliphatic rings. The van der Waals surface area contributed by atoms with E-state index in [1.807, 2.05) is 72.1 Å². The summed E-state index contributed by atoms with van der Waals surface area (Å²) in [4.78, 5) is 14.3. The Morgan fingerprint density at radius 2 is 1.83 bits per heavy atom. The molecule has 29 heavy (non-hydrogen) atoms. The molecule has 0 radical (unpaired) electrons. The molecule has 0 bridgehead atoms. The minimum atomic E-state index is -0.167. The van der Waals surface area contributed by atoms with Crippen LogP contribution in [0.25, 0.3) is 16.3 Å². The van der Waals surface area contributed by atoms with E-state index < -0.39 is 0 Å². The molecule has 2 heterocycles. The van der Waals surface area contributed by atoms with Crippen molar-refractivity contribution in [3.63, 3.8) is 0 Å². The Morgan fingerprint density at radius 3 is 2.55 bits per heavy atom. The molecule has 1 amide bonds. The number of benzene rings is 2. The van der Waals surface area contributed by atoms with Crippen molar-refractivity contribution in [2.45, 2.75) is 26.2 Å². The number of carbonyl (C=O) groups excluding carboxylic acids is 1. The van der Waals surface area contributed by atoms with Crippen LogP contribution in [0.1, 0.15) is 42.2 Å². The number of rotatable bonds is 6. The zero-order chi connectivity index (χ0) is 20.2. The van der Waals surface area contributed by atoms with Crippen LogP contribution in [0.5, 0.6) is 0 Å². The normalized spacial score (nSPS) is 11.9. The zero-order valence-corrected chi connectivity index (χ0v) is 17.3. The molecule has 0 aliphatic carbocycles. The van der Waals surface area contributed by atoms with Gasteiger partial charge in [-0.2, -0.15) is 5.10 Å². The lowest BCUT2D eigenvalue weighted by molar-refractivity contribution is 0.101. The quantitative estimate of drug-likeness (QED) is 0.408. The zero-order valence-electron chi connectivity index (χ0n) is 16.5. The van der Waals surface area contributed by atoms with Crippen molar-refractivity contribution in [3.8, 4) is 16.3 Å². The van der Waals surface area contributed by atoms with Gasteiger partial charge in [-0.3, -0.25) is 4.79 Å². The summed E-state index contributed by atoms with van der Waals surface area (Å²) in [6, 6.07) is 23.6. The average Bonchev–Trinajstić information content (AvgIpc) is 3.44. The summed E-state index contributed by atoms with van der Waals surface area (Å²) in [6.45, 7) is 4.33. The van der Waals surface area contributed by atoms with Crippen LogP contribution in [0.2, 0.25) is 0 Å². The molecule has 4 aromatic rings. The summed E-state index contributed by atoms with van der Waals surface area (Å²) in [5.74, 6) is 0.201. The van der Waals surface area contributed by atoms with E-state index in [0.29, 0.717) is 11.6 Å². The first-order valence-corrected chi connectivity index (χ1v) is 10.6. The first-order chi connectivity index (χ1) is 14.2. The third-order valence-corrected chi connectivity index (χ3v) is 5.96. The van der Waals surface area contributed by atoms with Crippen LogP contribution in [0, 0.1) is 0 Å². The smallest absolute Gasteiger partial charge is 0.274 e. The number of para-hydroxylation sites is 2. The standard InChI is InChI=1S/C24H23N3OS/c1-3-17(2)19-12-7-8-13-20(19)25-24(28)22-16-21(23-14-9-15-29-23)26-27(22)18-10-5-4-6-11-18/h4-17H,3H2,1-2H3,(H,25,28)/t17-/m0/s1. The number of amides is 1. The predicted molar refractivity (Wildman–Crippen MR) is 120 cm³/mol. The van der Waals surface area contributed by atoms with Crippen LogP contribution < -0.4 is 5.32 Å². The third-order valence-electron chi connectivity index (χ3n) is 5.07. The number of carbonyl (C=O) groups is 1. The number of aromatic nitrogens is 2. The maximum Gasteiger partial charge on any atom is 0.274 e. The van der Waals surface area contributed by atoms with Crippen LogP contribution in [-0.4, -0.2) is 15.7 Å². The van der Waals surface area contributed by atoms with Crippen LogP contribution in [0.4, 0.5) is 5.69 Å². The number of hydrogen-bond acceptors (Lipinski definition) is 3. The second kappa shape index (κ2) is 8.45. The minimum absolute atomic E-state index is 0.167. The highest BCUT2D eigenvalue weighted by molar-refractivity contribution is 7.13. The van der Waals surface area contributed by atoms with E-state index in [1.54, 1.807) is 16.0 Å². The Labute approximate surface area is 174 Å². The van der Waals surface area contributed by atoms with Gasteiger partial charge in [-0.15, -0.1) is 11.3 Å². The van der Waals surface area contributed by atoms with Crippen LogP contribution >= 0.6 is 11.3 Å². The second-order valence-corrected chi connectivity index (χ2v) is 7.94. The Kier molecular flexibility index (Phi) is 5.58. The highest BCUT2D eigenvalue weighted by Crippen LogP contribution is 2.29. The molecule has 2 aromatic heterocycles. The van der Waals surface area contributed by atoms with E-state index in [2.05, 4.69) is 25.2 Å². The van der Waals surface area contributed by atoms with E-state index in [1.165, 1.54) is 0 Å². The highest BCUT2D eigenvalue weighted by atomic mass is 32.1. The van der Waals surface area contributed by atoms with Crippen molar-refractivity contribution >= 4 is 22.9 Å². The first kappa shape index (κ1) is 19.2. The number of nitrogens with zero attached hydrogens (tertiary/aromatic N) is 2. The molecule has 0 saturated heterocycles. The van der Waals surface area contributed by atoms with Gasteiger partial charge in [0.1, 0.15) is 11.4 Å². The van der Waals surface area contributed by atoms with Crippen molar-refractivity contribution in [1.29, 1.82) is 0 Å².